The molecule has 3 heteroatoms. The molecule has 0 saturated heterocycles. The van der Waals surface area contributed by atoms with Crippen molar-refractivity contribution < 1.29 is 4.79 Å². The van der Waals surface area contributed by atoms with Crippen LogP contribution in [0, 0.1) is 6.92 Å². The molecule has 0 aliphatic rings. The summed E-state index contributed by atoms with van der Waals surface area (Å²) < 4.78 is 0. The lowest BCUT2D eigenvalue weighted by atomic mass is 9.97. The van der Waals surface area contributed by atoms with Crippen molar-refractivity contribution in [3.8, 4) is 0 Å². The smallest absolute Gasteiger partial charge is 0.252 e. The summed E-state index contributed by atoms with van der Waals surface area (Å²) in [5.41, 5.74) is 5.20. The fourth-order valence-electron chi connectivity index (χ4n) is 3.41. The lowest BCUT2D eigenvalue weighted by Gasteiger charge is -2.20. The summed E-state index contributed by atoms with van der Waals surface area (Å²) in [5.74, 6) is 0.804. The van der Waals surface area contributed by atoms with E-state index in [1.165, 1.54) is 16.0 Å². The van der Waals surface area contributed by atoms with Gasteiger partial charge in [0.15, 0.2) is 0 Å². The first-order valence-corrected chi connectivity index (χ1v) is 11.4. The molecule has 0 aliphatic heterocycles. The normalized spacial score (nSPS) is 11.6. The van der Waals surface area contributed by atoms with Crippen molar-refractivity contribution in [1.29, 1.82) is 0 Å². The molecule has 31 heavy (non-hydrogen) atoms. The molecule has 4 rings (SSSR count). The van der Waals surface area contributed by atoms with Crippen LogP contribution in [0.3, 0.4) is 0 Å². The van der Waals surface area contributed by atoms with Crippen molar-refractivity contribution in [1.82, 2.24) is 5.32 Å². The van der Waals surface area contributed by atoms with Crippen molar-refractivity contribution in [3.05, 3.63) is 137 Å². The van der Waals surface area contributed by atoms with Crippen molar-refractivity contribution in [3.63, 3.8) is 0 Å². The average Bonchev–Trinajstić information content (AvgIpc) is 2.83. The Bertz CT molecular complexity index is 1110. The minimum Gasteiger partial charge on any atom is -0.341 e. The molecule has 0 aromatic heterocycles. The zero-order valence-corrected chi connectivity index (χ0v) is 18.3. The first kappa shape index (κ1) is 21.0. The molecular weight excluding hydrogens is 398 g/mol. The molecule has 1 amide bonds. The molecule has 0 bridgehead atoms. The summed E-state index contributed by atoms with van der Waals surface area (Å²) in [6.45, 7) is 2.07. The van der Waals surface area contributed by atoms with Crippen LogP contribution in [0.4, 0.5) is 0 Å². The Morgan fingerprint density at radius 3 is 1.97 bits per heavy atom. The van der Waals surface area contributed by atoms with Crippen LogP contribution < -0.4 is 5.32 Å². The molecular formula is C28H25NOS. The maximum Gasteiger partial charge on any atom is 0.252 e. The number of thioether (sulfide) groups is 1. The number of carbonyl (C=O) groups is 1. The monoisotopic (exact) mass is 423 g/mol. The summed E-state index contributed by atoms with van der Waals surface area (Å²) in [6.07, 6.45) is 0. The maximum absolute atomic E-state index is 13.0. The quantitative estimate of drug-likeness (QED) is 0.331. The molecule has 0 heterocycles. The maximum atomic E-state index is 13.0. The molecule has 0 spiro atoms. The summed E-state index contributed by atoms with van der Waals surface area (Å²) >= 11 is 1.79. The molecule has 0 aliphatic carbocycles. The molecule has 0 fully saturated rings. The van der Waals surface area contributed by atoms with Gasteiger partial charge in [-0.15, -0.1) is 11.8 Å². The number of rotatable bonds is 7. The number of nitrogens with one attached hydrogen (secondary N) is 1. The Balaban J connectivity index is 1.47. The van der Waals surface area contributed by atoms with E-state index in [2.05, 4.69) is 60.8 Å². The van der Waals surface area contributed by atoms with E-state index >= 15 is 0 Å². The first-order chi connectivity index (χ1) is 15.2. The van der Waals surface area contributed by atoms with Gasteiger partial charge in [0.05, 0.1) is 6.04 Å². The number of carbonyl (C=O) groups excluding carboxylic acids is 1. The predicted octanol–water partition coefficient (Wildman–Crippen LogP) is 6.81. The third-order valence-electron chi connectivity index (χ3n) is 5.18. The van der Waals surface area contributed by atoms with E-state index in [0.29, 0.717) is 5.56 Å². The summed E-state index contributed by atoms with van der Waals surface area (Å²) in [5, 5.41) is 3.22. The highest BCUT2D eigenvalue weighted by Crippen LogP contribution is 2.24. The Labute approximate surface area is 188 Å². The molecule has 4 aromatic carbocycles. The second-order valence-corrected chi connectivity index (χ2v) is 8.58. The summed E-state index contributed by atoms with van der Waals surface area (Å²) in [7, 11) is 0. The molecule has 1 atom stereocenters. The zero-order valence-electron chi connectivity index (χ0n) is 17.5. The number of aryl methyl sites for hydroxylation is 1. The van der Waals surface area contributed by atoms with Crippen LogP contribution in [0.1, 0.15) is 38.7 Å². The second-order valence-electron chi connectivity index (χ2n) is 7.53. The van der Waals surface area contributed by atoms with Crippen LogP contribution in [0.25, 0.3) is 0 Å². The molecule has 0 saturated carbocycles. The molecule has 154 valence electrons. The van der Waals surface area contributed by atoms with Crippen LogP contribution in [0.2, 0.25) is 0 Å². The van der Waals surface area contributed by atoms with E-state index in [1.807, 2.05) is 60.7 Å². The Morgan fingerprint density at radius 2 is 1.32 bits per heavy atom. The number of benzene rings is 4. The Kier molecular flexibility index (Phi) is 6.85. The van der Waals surface area contributed by atoms with Gasteiger partial charge in [0, 0.05) is 16.2 Å². The largest absolute Gasteiger partial charge is 0.341 e. The highest BCUT2D eigenvalue weighted by Gasteiger charge is 2.17. The van der Waals surface area contributed by atoms with Crippen molar-refractivity contribution in [2.24, 2.45) is 0 Å². The van der Waals surface area contributed by atoms with Gasteiger partial charge in [0.25, 0.3) is 5.91 Å². The van der Waals surface area contributed by atoms with Gasteiger partial charge in [-0.05, 0) is 47.9 Å². The van der Waals surface area contributed by atoms with Crippen LogP contribution in [-0.4, -0.2) is 5.91 Å². The van der Waals surface area contributed by atoms with Gasteiger partial charge in [0.1, 0.15) is 0 Å². The first-order valence-electron chi connectivity index (χ1n) is 10.4. The van der Waals surface area contributed by atoms with Gasteiger partial charge in [-0.1, -0.05) is 90.5 Å². The Morgan fingerprint density at radius 1 is 0.742 bits per heavy atom. The fourth-order valence-corrected chi connectivity index (χ4v) is 4.29. The van der Waals surface area contributed by atoms with Crippen LogP contribution >= 0.6 is 11.8 Å². The lowest BCUT2D eigenvalue weighted by Crippen LogP contribution is -2.29. The average molecular weight is 424 g/mol. The van der Waals surface area contributed by atoms with Crippen molar-refractivity contribution >= 4 is 17.7 Å². The van der Waals surface area contributed by atoms with Gasteiger partial charge in [-0.3, -0.25) is 4.79 Å². The minimum absolute atomic E-state index is 0.0725. The number of hydrogen-bond donors (Lipinski definition) is 1. The summed E-state index contributed by atoms with van der Waals surface area (Å²) in [4.78, 5) is 14.3. The number of amides is 1. The van der Waals surface area contributed by atoms with Crippen LogP contribution in [0.5, 0.6) is 0 Å². The van der Waals surface area contributed by atoms with Gasteiger partial charge in [0.2, 0.25) is 0 Å². The molecule has 2 nitrogen and oxygen atoms in total. The second kappa shape index (κ2) is 10.1. The Hall–Kier alpha value is -3.30. The van der Waals surface area contributed by atoms with E-state index in [4.69, 9.17) is 0 Å². The molecule has 4 aromatic rings. The summed E-state index contributed by atoms with van der Waals surface area (Å²) in [6, 6.07) is 36.5. The highest BCUT2D eigenvalue weighted by atomic mass is 32.2. The standard InChI is InChI=1S/C28H25NOS/c1-21-12-16-24(17-13-21)27(23-8-4-2-5-9-23)29-28(30)25-18-14-22(15-19-25)20-31-26-10-6-3-7-11-26/h2-19,27H,20H2,1H3,(H,29,30)/t27-/m0/s1. The third-order valence-corrected chi connectivity index (χ3v) is 6.27. The highest BCUT2D eigenvalue weighted by molar-refractivity contribution is 7.98. The lowest BCUT2D eigenvalue weighted by molar-refractivity contribution is 0.0943. The van der Waals surface area contributed by atoms with E-state index in [-0.39, 0.29) is 11.9 Å². The fraction of sp³-hybridized carbons (Fsp3) is 0.107. The van der Waals surface area contributed by atoms with Crippen molar-refractivity contribution in [2.75, 3.05) is 0 Å². The number of hydrogen-bond acceptors (Lipinski definition) is 2. The topological polar surface area (TPSA) is 29.1 Å². The van der Waals surface area contributed by atoms with Crippen molar-refractivity contribution in [2.45, 2.75) is 23.6 Å². The molecule has 1 N–H and O–H groups in total. The molecule has 0 unspecified atom stereocenters. The van der Waals surface area contributed by atoms with Gasteiger partial charge in [-0.25, -0.2) is 0 Å². The van der Waals surface area contributed by atoms with Gasteiger partial charge < -0.3 is 5.32 Å². The minimum atomic E-state index is -0.192. The van der Waals surface area contributed by atoms with E-state index in [9.17, 15) is 4.79 Å². The van der Waals surface area contributed by atoms with E-state index in [1.54, 1.807) is 11.8 Å². The van der Waals surface area contributed by atoms with E-state index in [0.717, 1.165) is 16.9 Å². The van der Waals surface area contributed by atoms with E-state index < -0.39 is 0 Å². The predicted molar refractivity (Wildman–Crippen MR) is 129 cm³/mol. The SMILES string of the molecule is Cc1ccc([C@@H](NC(=O)c2ccc(CSc3ccccc3)cc2)c2ccccc2)cc1. The van der Waals surface area contributed by atoms with Crippen LogP contribution in [0.15, 0.2) is 114 Å². The van der Waals surface area contributed by atoms with Gasteiger partial charge >= 0.3 is 0 Å². The zero-order chi connectivity index (χ0) is 21.5. The third kappa shape index (κ3) is 5.65. The van der Waals surface area contributed by atoms with Gasteiger partial charge in [-0.2, -0.15) is 0 Å². The van der Waals surface area contributed by atoms with Crippen LogP contribution in [-0.2, 0) is 5.75 Å². The molecule has 0 radical (unpaired) electrons.